The summed E-state index contributed by atoms with van der Waals surface area (Å²) in [6, 6.07) is 10.3. The van der Waals surface area contributed by atoms with Gasteiger partial charge < -0.3 is 4.98 Å². The van der Waals surface area contributed by atoms with Gasteiger partial charge in [-0.25, -0.2) is 0 Å². The maximum Gasteiger partial charge on any atom is 0.155 e. The van der Waals surface area contributed by atoms with E-state index in [-0.39, 0.29) is 5.78 Å². The van der Waals surface area contributed by atoms with Gasteiger partial charge in [-0.15, -0.1) is 0 Å². The molecule has 0 aliphatic heterocycles. The third kappa shape index (κ3) is 2.83. The monoisotopic (exact) mass is 213 g/mol. The number of benzene rings is 1. The van der Waals surface area contributed by atoms with Crippen molar-refractivity contribution in [3.63, 3.8) is 0 Å². The zero-order chi connectivity index (χ0) is 11.2. The summed E-state index contributed by atoms with van der Waals surface area (Å²) in [5.74, 6) is 0.284. The Morgan fingerprint density at radius 1 is 1.12 bits per heavy atom. The fraction of sp³-hybridized carbons (Fsp3) is 0.214. The standard InChI is InChI=1S/C8H7N.C6H8O/c1-2-4-8-7(3-1)5-6-9-8;7-6-4-2-1-3-5-6/h1-6,9H;2,4H,1,3,5H2. The van der Waals surface area contributed by atoms with Crippen LogP contribution < -0.4 is 0 Å². The molecular formula is C14H15NO. The number of fused-ring (bicyclic) bond motifs is 1. The molecule has 82 valence electrons. The third-order valence-electron chi connectivity index (χ3n) is 2.56. The van der Waals surface area contributed by atoms with Gasteiger partial charge in [0, 0.05) is 18.1 Å². The number of hydrogen-bond donors (Lipinski definition) is 1. The van der Waals surface area contributed by atoms with Gasteiger partial charge in [0.25, 0.3) is 0 Å². The fourth-order valence-corrected chi connectivity index (χ4v) is 1.69. The highest BCUT2D eigenvalue weighted by molar-refractivity contribution is 5.90. The summed E-state index contributed by atoms with van der Waals surface area (Å²) in [6.07, 6.45) is 8.46. The van der Waals surface area contributed by atoms with E-state index < -0.39 is 0 Å². The Balaban J connectivity index is 0.000000125. The number of aromatic nitrogens is 1. The Hall–Kier alpha value is -1.83. The number of aromatic amines is 1. The molecule has 1 aliphatic carbocycles. The topological polar surface area (TPSA) is 32.9 Å². The molecule has 0 bridgehead atoms. The Labute approximate surface area is 95.0 Å². The molecule has 1 heterocycles. The van der Waals surface area contributed by atoms with E-state index in [0.717, 1.165) is 19.3 Å². The number of ketones is 1. The first-order valence-electron chi connectivity index (χ1n) is 5.58. The largest absolute Gasteiger partial charge is 0.361 e. The number of rotatable bonds is 0. The van der Waals surface area contributed by atoms with Gasteiger partial charge >= 0.3 is 0 Å². The highest BCUT2D eigenvalue weighted by Gasteiger charge is 1.98. The van der Waals surface area contributed by atoms with Crippen molar-refractivity contribution < 1.29 is 4.79 Å². The summed E-state index contributed by atoms with van der Waals surface area (Å²) < 4.78 is 0. The number of carbonyl (C=O) groups is 1. The third-order valence-corrected chi connectivity index (χ3v) is 2.56. The quantitative estimate of drug-likeness (QED) is 0.714. The number of allylic oxidation sites excluding steroid dienone is 2. The van der Waals surface area contributed by atoms with E-state index in [0.29, 0.717) is 0 Å². The van der Waals surface area contributed by atoms with Gasteiger partial charge in [0.2, 0.25) is 0 Å². The fourth-order valence-electron chi connectivity index (χ4n) is 1.69. The van der Waals surface area contributed by atoms with Gasteiger partial charge in [0.05, 0.1) is 0 Å². The molecular weight excluding hydrogens is 198 g/mol. The zero-order valence-electron chi connectivity index (χ0n) is 9.15. The van der Waals surface area contributed by atoms with Crippen LogP contribution in [0.25, 0.3) is 10.9 Å². The van der Waals surface area contributed by atoms with E-state index in [2.05, 4.69) is 23.2 Å². The second-order valence-corrected chi connectivity index (χ2v) is 3.83. The van der Waals surface area contributed by atoms with Gasteiger partial charge in [-0.05, 0) is 36.4 Å². The summed E-state index contributed by atoms with van der Waals surface area (Å²) in [7, 11) is 0. The van der Waals surface area contributed by atoms with Crippen LogP contribution in [-0.2, 0) is 4.79 Å². The Bertz CT molecular complexity index is 466. The van der Waals surface area contributed by atoms with Crippen LogP contribution in [0, 0.1) is 0 Å². The Morgan fingerprint density at radius 3 is 2.62 bits per heavy atom. The molecule has 1 N–H and O–H groups in total. The van der Waals surface area contributed by atoms with Crippen LogP contribution in [0.4, 0.5) is 0 Å². The minimum Gasteiger partial charge on any atom is -0.361 e. The zero-order valence-corrected chi connectivity index (χ0v) is 9.15. The molecule has 0 radical (unpaired) electrons. The minimum absolute atomic E-state index is 0.284. The molecule has 0 atom stereocenters. The Morgan fingerprint density at radius 2 is 2.00 bits per heavy atom. The number of nitrogens with one attached hydrogen (secondary N) is 1. The van der Waals surface area contributed by atoms with Crippen molar-refractivity contribution in [2.45, 2.75) is 19.3 Å². The summed E-state index contributed by atoms with van der Waals surface area (Å²) in [5, 5.41) is 1.28. The highest BCUT2D eigenvalue weighted by atomic mass is 16.1. The van der Waals surface area contributed by atoms with Crippen LogP contribution in [-0.4, -0.2) is 10.8 Å². The van der Waals surface area contributed by atoms with Gasteiger partial charge in [-0.1, -0.05) is 24.3 Å². The molecule has 2 nitrogen and oxygen atoms in total. The number of H-pyrrole nitrogens is 1. The van der Waals surface area contributed by atoms with Crippen molar-refractivity contribution in [1.29, 1.82) is 0 Å². The normalized spacial score (nSPS) is 14.6. The van der Waals surface area contributed by atoms with Crippen LogP contribution in [0.2, 0.25) is 0 Å². The smallest absolute Gasteiger partial charge is 0.155 e. The van der Waals surface area contributed by atoms with Crippen molar-refractivity contribution in [2.75, 3.05) is 0 Å². The maximum atomic E-state index is 10.4. The van der Waals surface area contributed by atoms with Crippen LogP contribution in [0.15, 0.2) is 48.7 Å². The lowest BCUT2D eigenvalue weighted by molar-refractivity contribution is -0.114. The molecule has 2 heteroatoms. The van der Waals surface area contributed by atoms with Gasteiger partial charge in [-0.3, -0.25) is 4.79 Å². The first kappa shape index (κ1) is 10.7. The summed E-state index contributed by atoms with van der Waals surface area (Å²) in [4.78, 5) is 13.5. The van der Waals surface area contributed by atoms with Crippen LogP contribution >= 0.6 is 0 Å². The number of hydrogen-bond acceptors (Lipinski definition) is 1. The highest BCUT2D eigenvalue weighted by Crippen LogP contribution is 2.09. The molecule has 2 aromatic rings. The summed E-state index contributed by atoms with van der Waals surface area (Å²) in [5.41, 5.74) is 1.21. The average molecular weight is 213 g/mol. The van der Waals surface area contributed by atoms with Crippen molar-refractivity contribution in [3.05, 3.63) is 48.7 Å². The van der Waals surface area contributed by atoms with E-state index in [1.165, 1.54) is 10.9 Å². The van der Waals surface area contributed by atoms with E-state index in [4.69, 9.17) is 0 Å². The first-order valence-corrected chi connectivity index (χ1v) is 5.58. The van der Waals surface area contributed by atoms with Crippen LogP contribution in [0.5, 0.6) is 0 Å². The van der Waals surface area contributed by atoms with Crippen molar-refractivity contribution in [2.24, 2.45) is 0 Å². The SMILES string of the molecule is O=C1C=CCCC1.c1ccc2[nH]ccc2c1. The lowest BCUT2D eigenvalue weighted by Gasteiger charge is -1.97. The molecule has 1 aromatic carbocycles. The molecule has 16 heavy (non-hydrogen) atoms. The van der Waals surface area contributed by atoms with E-state index in [1.54, 1.807) is 6.08 Å². The summed E-state index contributed by atoms with van der Waals surface area (Å²) >= 11 is 0. The first-order chi connectivity index (χ1) is 7.86. The molecule has 0 unspecified atom stereocenters. The van der Waals surface area contributed by atoms with Crippen molar-refractivity contribution >= 4 is 16.7 Å². The molecule has 1 aromatic heterocycles. The average Bonchev–Trinajstić information content (AvgIpc) is 2.79. The molecule has 0 saturated heterocycles. The predicted molar refractivity (Wildman–Crippen MR) is 66.3 cm³/mol. The van der Waals surface area contributed by atoms with Crippen molar-refractivity contribution in [1.82, 2.24) is 4.98 Å². The molecule has 3 rings (SSSR count). The maximum absolute atomic E-state index is 10.4. The van der Waals surface area contributed by atoms with E-state index >= 15 is 0 Å². The predicted octanol–water partition coefficient (Wildman–Crippen LogP) is 3.46. The summed E-state index contributed by atoms with van der Waals surface area (Å²) in [6.45, 7) is 0. The molecule has 0 spiro atoms. The van der Waals surface area contributed by atoms with Gasteiger partial charge in [-0.2, -0.15) is 0 Å². The second kappa shape index (κ2) is 5.31. The van der Waals surface area contributed by atoms with Crippen LogP contribution in [0.3, 0.4) is 0 Å². The Kier molecular flexibility index (Phi) is 3.54. The molecule has 0 fully saturated rings. The second-order valence-electron chi connectivity index (χ2n) is 3.83. The van der Waals surface area contributed by atoms with Crippen molar-refractivity contribution in [3.8, 4) is 0 Å². The minimum atomic E-state index is 0.284. The molecule has 0 saturated carbocycles. The number of carbonyl (C=O) groups excluding carboxylic acids is 1. The van der Waals surface area contributed by atoms with E-state index in [9.17, 15) is 4.79 Å². The van der Waals surface area contributed by atoms with Gasteiger partial charge in [0.15, 0.2) is 5.78 Å². The lowest BCUT2D eigenvalue weighted by atomic mass is 10.1. The van der Waals surface area contributed by atoms with E-state index in [1.807, 2.05) is 24.4 Å². The van der Waals surface area contributed by atoms with Gasteiger partial charge in [0.1, 0.15) is 0 Å². The van der Waals surface area contributed by atoms with Crippen LogP contribution in [0.1, 0.15) is 19.3 Å². The lowest BCUT2D eigenvalue weighted by Crippen LogP contribution is -1.95. The number of para-hydroxylation sites is 1. The molecule has 0 amide bonds. The molecule has 1 aliphatic rings.